The molecule has 3 rings (SSSR count). The fourth-order valence-corrected chi connectivity index (χ4v) is 3.53. The second-order valence-electron chi connectivity index (χ2n) is 5.58. The minimum Gasteiger partial charge on any atom is -0.372 e. The third-order valence-electron chi connectivity index (χ3n) is 4.23. The Morgan fingerprint density at radius 2 is 1.68 bits per heavy atom. The molecule has 1 aliphatic heterocycles. The Morgan fingerprint density at radius 1 is 1.05 bits per heavy atom. The third kappa shape index (κ3) is 2.65. The predicted octanol–water partition coefficient (Wildman–Crippen LogP) is 3.92. The van der Waals surface area contributed by atoms with E-state index in [-0.39, 0.29) is 0 Å². The van der Waals surface area contributed by atoms with Gasteiger partial charge in [0.2, 0.25) is 0 Å². The maximum absolute atomic E-state index is 11.0. The first-order valence-corrected chi connectivity index (χ1v) is 8.25. The van der Waals surface area contributed by atoms with Crippen molar-refractivity contribution in [3.8, 4) is 12.3 Å². The Labute approximate surface area is 139 Å². The van der Waals surface area contributed by atoms with E-state index in [0.717, 1.165) is 17.6 Å². The van der Waals surface area contributed by atoms with E-state index in [1.165, 1.54) is 18.5 Å². The van der Waals surface area contributed by atoms with Crippen LogP contribution in [0.1, 0.15) is 24.0 Å². The molecule has 1 unspecified atom stereocenters. The molecule has 2 aromatic rings. The Balaban J connectivity index is 1.97. The van der Waals surface area contributed by atoms with Gasteiger partial charge in [-0.3, -0.25) is 0 Å². The van der Waals surface area contributed by atoms with E-state index in [1.807, 2.05) is 48.5 Å². The molecular weight excluding hydrogens is 338 g/mol. The molecule has 1 fully saturated rings. The summed E-state index contributed by atoms with van der Waals surface area (Å²) >= 11 is 3.47. The van der Waals surface area contributed by atoms with E-state index in [9.17, 15) is 5.11 Å². The van der Waals surface area contributed by atoms with Crippen LogP contribution in [0.25, 0.3) is 0 Å². The second-order valence-corrected chi connectivity index (χ2v) is 6.43. The van der Waals surface area contributed by atoms with Crippen molar-refractivity contribution in [1.29, 1.82) is 0 Å². The highest BCUT2D eigenvalue weighted by Crippen LogP contribution is 2.35. The van der Waals surface area contributed by atoms with Crippen LogP contribution in [0, 0.1) is 12.3 Å². The lowest BCUT2D eigenvalue weighted by Gasteiger charge is -2.25. The van der Waals surface area contributed by atoms with Crippen LogP contribution in [0.5, 0.6) is 0 Å². The lowest BCUT2D eigenvalue weighted by atomic mass is 9.87. The molecule has 0 amide bonds. The smallest absolute Gasteiger partial charge is 0.177 e. The monoisotopic (exact) mass is 355 g/mol. The summed E-state index contributed by atoms with van der Waals surface area (Å²) in [6.07, 6.45) is 8.16. The van der Waals surface area contributed by atoms with Gasteiger partial charge < -0.3 is 10.0 Å². The standard InChI is InChI=1S/C19H18BrNO/c1-2-19(22,17-7-3-4-8-18(17)20)15-9-11-16(12-10-15)21-13-5-6-14-21/h1,3-4,7-12,22H,5-6,13-14H2. The first-order chi connectivity index (χ1) is 10.6. The van der Waals surface area contributed by atoms with Crippen LogP contribution in [-0.2, 0) is 5.60 Å². The maximum atomic E-state index is 11.0. The maximum Gasteiger partial charge on any atom is 0.177 e. The highest BCUT2D eigenvalue weighted by molar-refractivity contribution is 9.10. The van der Waals surface area contributed by atoms with E-state index in [2.05, 4.69) is 26.8 Å². The molecule has 0 radical (unpaired) electrons. The van der Waals surface area contributed by atoms with Crippen LogP contribution < -0.4 is 4.90 Å². The zero-order valence-electron chi connectivity index (χ0n) is 12.3. The van der Waals surface area contributed by atoms with Crippen LogP contribution in [0.3, 0.4) is 0 Å². The summed E-state index contributed by atoms with van der Waals surface area (Å²) in [6, 6.07) is 15.4. The van der Waals surface area contributed by atoms with Crippen LogP contribution in [0.2, 0.25) is 0 Å². The van der Waals surface area contributed by atoms with Gasteiger partial charge >= 0.3 is 0 Å². The number of aliphatic hydroxyl groups is 1. The molecule has 1 atom stereocenters. The molecule has 1 aliphatic rings. The third-order valence-corrected chi connectivity index (χ3v) is 4.92. The van der Waals surface area contributed by atoms with Gasteiger partial charge in [-0.1, -0.05) is 52.2 Å². The molecule has 1 saturated heterocycles. The van der Waals surface area contributed by atoms with Crippen molar-refractivity contribution in [1.82, 2.24) is 0 Å². The van der Waals surface area contributed by atoms with E-state index >= 15 is 0 Å². The normalized spacial score (nSPS) is 17.0. The number of anilines is 1. The SMILES string of the molecule is C#CC(O)(c1ccc(N2CCCC2)cc1)c1ccccc1Br. The predicted molar refractivity (Wildman–Crippen MR) is 93.9 cm³/mol. The van der Waals surface area contributed by atoms with Crippen LogP contribution >= 0.6 is 15.9 Å². The van der Waals surface area contributed by atoms with Crippen molar-refractivity contribution < 1.29 is 5.11 Å². The van der Waals surface area contributed by atoms with Gasteiger partial charge in [-0.2, -0.15) is 0 Å². The highest BCUT2D eigenvalue weighted by atomic mass is 79.9. The molecular formula is C19H18BrNO. The van der Waals surface area contributed by atoms with Gasteiger partial charge in [0.25, 0.3) is 0 Å². The van der Waals surface area contributed by atoms with Gasteiger partial charge in [0.1, 0.15) is 0 Å². The Morgan fingerprint density at radius 3 is 2.27 bits per heavy atom. The lowest BCUT2D eigenvalue weighted by molar-refractivity contribution is 0.144. The summed E-state index contributed by atoms with van der Waals surface area (Å²) in [4.78, 5) is 2.36. The summed E-state index contributed by atoms with van der Waals surface area (Å²) in [6.45, 7) is 2.20. The van der Waals surface area contributed by atoms with E-state index in [1.54, 1.807) is 0 Å². The molecule has 22 heavy (non-hydrogen) atoms. The quantitative estimate of drug-likeness (QED) is 0.843. The van der Waals surface area contributed by atoms with Crippen LogP contribution in [-0.4, -0.2) is 18.2 Å². The van der Waals surface area contributed by atoms with Crippen molar-refractivity contribution in [2.75, 3.05) is 18.0 Å². The summed E-state index contributed by atoms with van der Waals surface area (Å²) in [5.74, 6) is 2.55. The number of rotatable bonds is 3. The summed E-state index contributed by atoms with van der Waals surface area (Å²) in [5.41, 5.74) is 1.16. The number of benzene rings is 2. The fourth-order valence-electron chi connectivity index (χ4n) is 2.96. The molecule has 3 heteroatoms. The summed E-state index contributed by atoms with van der Waals surface area (Å²) in [7, 11) is 0. The van der Waals surface area contributed by atoms with Crippen LogP contribution in [0.15, 0.2) is 53.0 Å². The number of nitrogens with zero attached hydrogens (tertiary/aromatic N) is 1. The molecule has 2 aromatic carbocycles. The van der Waals surface area contributed by atoms with Crippen molar-refractivity contribution in [2.24, 2.45) is 0 Å². The first-order valence-electron chi connectivity index (χ1n) is 7.46. The Bertz CT molecular complexity index is 698. The van der Waals surface area contributed by atoms with E-state index in [0.29, 0.717) is 11.1 Å². The number of hydrogen-bond donors (Lipinski definition) is 1. The van der Waals surface area contributed by atoms with Gasteiger partial charge in [0, 0.05) is 34.4 Å². The molecule has 0 saturated carbocycles. The summed E-state index contributed by atoms with van der Waals surface area (Å²) < 4.78 is 0.805. The molecule has 0 spiro atoms. The minimum absolute atomic E-state index is 0.687. The van der Waals surface area contributed by atoms with Crippen molar-refractivity contribution in [2.45, 2.75) is 18.4 Å². The van der Waals surface area contributed by atoms with E-state index < -0.39 is 5.60 Å². The van der Waals surface area contributed by atoms with Crippen LogP contribution in [0.4, 0.5) is 5.69 Å². The first kappa shape index (κ1) is 15.1. The Hall–Kier alpha value is -1.76. The molecule has 1 N–H and O–H groups in total. The fraction of sp³-hybridized carbons (Fsp3) is 0.263. The zero-order valence-corrected chi connectivity index (χ0v) is 13.9. The highest BCUT2D eigenvalue weighted by Gasteiger charge is 2.31. The molecule has 112 valence electrons. The number of halogens is 1. The zero-order chi connectivity index (χ0) is 15.6. The molecule has 1 heterocycles. The van der Waals surface area contributed by atoms with Gasteiger partial charge in [-0.05, 0) is 31.0 Å². The molecule has 0 aliphatic carbocycles. The molecule has 0 aromatic heterocycles. The van der Waals surface area contributed by atoms with Gasteiger partial charge in [0.15, 0.2) is 5.60 Å². The number of terminal acetylenes is 1. The van der Waals surface area contributed by atoms with E-state index in [4.69, 9.17) is 6.42 Å². The van der Waals surface area contributed by atoms with Crippen molar-refractivity contribution in [3.63, 3.8) is 0 Å². The molecule has 2 nitrogen and oxygen atoms in total. The van der Waals surface area contributed by atoms with Gasteiger partial charge in [0.05, 0.1) is 0 Å². The van der Waals surface area contributed by atoms with Crippen molar-refractivity contribution in [3.05, 3.63) is 64.1 Å². The largest absolute Gasteiger partial charge is 0.372 e. The topological polar surface area (TPSA) is 23.5 Å². The van der Waals surface area contributed by atoms with Gasteiger partial charge in [-0.15, -0.1) is 6.42 Å². The Kier molecular flexibility index (Phi) is 4.24. The number of hydrogen-bond acceptors (Lipinski definition) is 2. The average molecular weight is 356 g/mol. The minimum atomic E-state index is -1.43. The average Bonchev–Trinajstić information content (AvgIpc) is 3.09. The molecule has 0 bridgehead atoms. The van der Waals surface area contributed by atoms with Gasteiger partial charge in [-0.25, -0.2) is 0 Å². The second kappa shape index (κ2) is 6.16. The van der Waals surface area contributed by atoms with Crippen molar-refractivity contribution >= 4 is 21.6 Å². The lowest BCUT2D eigenvalue weighted by Crippen LogP contribution is -2.26. The summed E-state index contributed by atoms with van der Waals surface area (Å²) in [5, 5.41) is 11.0.